The van der Waals surface area contributed by atoms with Crippen molar-refractivity contribution < 1.29 is 18.3 Å². The lowest BCUT2D eigenvalue weighted by atomic mass is 9.92. The summed E-state index contributed by atoms with van der Waals surface area (Å²) in [5.74, 6) is -1.17. The van der Waals surface area contributed by atoms with E-state index in [-0.39, 0.29) is 24.3 Å². The average molecular weight is 269 g/mol. The number of anilines is 1. The third kappa shape index (κ3) is 2.64. The number of hydrogen-bond donors (Lipinski definition) is 2. The van der Waals surface area contributed by atoms with E-state index in [1.54, 1.807) is 24.3 Å². The summed E-state index contributed by atoms with van der Waals surface area (Å²) in [6, 6.07) is 8.99. The second kappa shape index (κ2) is 4.61. The summed E-state index contributed by atoms with van der Waals surface area (Å²) in [6.07, 6.45) is 0.194. The van der Waals surface area contributed by atoms with Crippen LogP contribution in [-0.4, -0.2) is 36.5 Å². The molecule has 0 bridgehead atoms. The molecule has 0 saturated carbocycles. The van der Waals surface area contributed by atoms with Crippen LogP contribution in [0.5, 0.6) is 0 Å². The second-order valence-electron chi connectivity index (χ2n) is 4.53. The number of carboxylic acid groups (broad SMARTS) is 1. The minimum Gasteiger partial charge on any atom is -0.480 e. The molecule has 1 aliphatic heterocycles. The minimum absolute atomic E-state index is 0.0842. The van der Waals surface area contributed by atoms with Gasteiger partial charge in [-0.2, -0.15) is 0 Å². The van der Waals surface area contributed by atoms with E-state index < -0.39 is 21.3 Å². The molecule has 0 aromatic heterocycles. The molecule has 1 fully saturated rings. The largest absolute Gasteiger partial charge is 0.480 e. The van der Waals surface area contributed by atoms with Crippen molar-refractivity contribution >= 4 is 21.5 Å². The molecular formula is C12H15NO4S. The molecule has 98 valence electrons. The van der Waals surface area contributed by atoms with Gasteiger partial charge in [0.15, 0.2) is 9.84 Å². The maximum Gasteiger partial charge on any atom is 0.329 e. The zero-order chi connectivity index (χ0) is 13.2. The maximum absolute atomic E-state index is 11.4. The summed E-state index contributed by atoms with van der Waals surface area (Å²) in [6.45, 7) is 0. The lowest BCUT2D eigenvalue weighted by molar-refractivity contribution is -0.142. The number of nitrogens with one attached hydrogen (secondary N) is 1. The molecule has 2 rings (SSSR count). The molecule has 0 aliphatic carbocycles. The van der Waals surface area contributed by atoms with Crippen molar-refractivity contribution in [1.82, 2.24) is 0 Å². The molecule has 0 atom stereocenters. The Morgan fingerprint density at radius 1 is 1.17 bits per heavy atom. The first kappa shape index (κ1) is 12.9. The topological polar surface area (TPSA) is 83.5 Å². The van der Waals surface area contributed by atoms with E-state index in [2.05, 4.69) is 5.32 Å². The van der Waals surface area contributed by atoms with Gasteiger partial charge in [-0.25, -0.2) is 13.2 Å². The van der Waals surface area contributed by atoms with E-state index in [0.717, 1.165) is 0 Å². The van der Waals surface area contributed by atoms with Gasteiger partial charge >= 0.3 is 5.97 Å². The highest BCUT2D eigenvalue weighted by Crippen LogP contribution is 2.28. The molecule has 2 N–H and O–H groups in total. The highest BCUT2D eigenvalue weighted by atomic mass is 32.2. The molecule has 5 nitrogen and oxygen atoms in total. The molecule has 0 radical (unpaired) electrons. The predicted octanol–water partition coefficient (Wildman–Crippen LogP) is 1.13. The van der Waals surface area contributed by atoms with Crippen molar-refractivity contribution in [3.63, 3.8) is 0 Å². The Bertz CT molecular complexity index is 524. The van der Waals surface area contributed by atoms with E-state index in [0.29, 0.717) is 5.69 Å². The average Bonchev–Trinajstić information content (AvgIpc) is 2.33. The fourth-order valence-electron chi connectivity index (χ4n) is 2.08. The van der Waals surface area contributed by atoms with Crippen LogP contribution in [0, 0.1) is 0 Å². The maximum atomic E-state index is 11.4. The predicted molar refractivity (Wildman–Crippen MR) is 68.3 cm³/mol. The normalized spacial score (nSPS) is 21.1. The SMILES string of the molecule is O=C(O)C1(Nc2ccccc2)CCS(=O)(=O)CC1. The molecule has 1 aromatic carbocycles. The summed E-state index contributed by atoms with van der Waals surface area (Å²) < 4.78 is 22.8. The first-order valence-electron chi connectivity index (χ1n) is 5.71. The Hall–Kier alpha value is -1.56. The zero-order valence-corrected chi connectivity index (χ0v) is 10.6. The van der Waals surface area contributed by atoms with Crippen LogP contribution in [-0.2, 0) is 14.6 Å². The first-order valence-corrected chi connectivity index (χ1v) is 7.53. The summed E-state index contributed by atoms with van der Waals surface area (Å²) in [5.41, 5.74) is -0.480. The molecule has 6 heteroatoms. The van der Waals surface area contributed by atoms with Crippen molar-refractivity contribution in [3.8, 4) is 0 Å². The van der Waals surface area contributed by atoms with Gasteiger partial charge < -0.3 is 10.4 Å². The Balaban J connectivity index is 2.22. The van der Waals surface area contributed by atoms with E-state index in [1.807, 2.05) is 6.07 Å². The number of carboxylic acids is 1. The molecule has 1 heterocycles. The molecular weight excluding hydrogens is 254 g/mol. The van der Waals surface area contributed by atoms with Crippen molar-refractivity contribution in [1.29, 1.82) is 0 Å². The third-order valence-corrected chi connectivity index (χ3v) is 4.90. The van der Waals surface area contributed by atoms with Gasteiger partial charge in [0, 0.05) is 5.69 Å². The van der Waals surface area contributed by atoms with Crippen LogP contribution in [0.4, 0.5) is 5.69 Å². The molecule has 0 amide bonds. The fraction of sp³-hybridized carbons (Fsp3) is 0.417. The molecule has 0 spiro atoms. The number of aliphatic carboxylic acids is 1. The van der Waals surface area contributed by atoms with Crippen LogP contribution in [0.15, 0.2) is 30.3 Å². The van der Waals surface area contributed by atoms with Gasteiger partial charge in [-0.15, -0.1) is 0 Å². The van der Waals surface area contributed by atoms with E-state index >= 15 is 0 Å². The Labute approximate surface area is 106 Å². The van der Waals surface area contributed by atoms with Gasteiger partial charge in [-0.3, -0.25) is 0 Å². The summed E-state index contributed by atoms with van der Waals surface area (Å²) in [7, 11) is -3.08. The van der Waals surface area contributed by atoms with Crippen LogP contribution in [0.3, 0.4) is 0 Å². The molecule has 1 aliphatic rings. The summed E-state index contributed by atoms with van der Waals surface area (Å²) >= 11 is 0. The van der Waals surface area contributed by atoms with E-state index in [4.69, 9.17) is 0 Å². The number of rotatable bonds is 3. The number of sulfone groups is 1. The van der Waals surface area contributed by atoms with Gasteiger partial charge in [0.2, 0.25) is 0 Å². The van der Waals surface area contributed by atoms with Gasteiger partial charge in [0.1, 0.15) is 5.54 Å². The van der Waals surface area contributed by atoms with Gasteiger partial charge in [-0.1, -0.05) is 18.2 Å². The van der Waals surface area contributed by atoms with Crippen molar-refractivity contribution in [3.05, 3.63) is 30.3 Å². The molecule has 0 unspecified atom stereocenters. The molecule has 18 heavy (non-hydrogen) atoms. The standard InChI is InChI=1S/C12H15NO4S/c14-11(15)12(6-8-18(16,17)9-7-12)13-10-4-2-1-3-5-10/h1-5,13H,6-9H2,(H,14,15). The monoisotopic (exact) mass is 269 g/mol. The number of para-hydroxylation sites is 1. The number of benzene rings is 1. The van der Waals surface area contributed by atoms with Crippen molar-refractivity contribution in [2.75, 3.05) is 16.8 Å². The van der Waals surface area contributed by atoms with Crippen LogP contribution < -0.4 is 5.32 Å². The minimum atomic E-state index is -3.08. The van der Waals surface area contributed by atoms with Gasteiger partial charge in [0.25, 0.3) is 0 Å². The smallest absolute Gasteiger partial charge is 0.329 e. The zero-order valence-electron chi connectivity index (χ0n) is 9.80. The van der Waals surface area contributed by atoms with Crippen LogP contribution in [0.25, 0.3) is 0 Å². The first-order chi connectivity index (χ1) is 8.44. The summed E-state index contributed by atoms with van der Waals surface area (Å²) in [4.78, 5) is 11.4. The van der Waals surface area contributed by atoms with Crippen molar-refractivity contribution in [2.24, 2.45) is 0 Å². The second-order valence-corrected chi connectivity index (χ2v) is 6.83. The molecule has 1 aromatic rings. The Kier molecular flexibility index (Phi) is 3.30. The van der Waals surface area contributed by atoms with Gasteiger partial charge in [0.05, 0.1) is 11.5 Å². The van der Waals surface area contributed by atoms with Crippen LogP contribution in [0.1, 0.15) is 12.8 Å². The lowest BCUT2D eigenvalue weighted by Crippen LogP contribution is -2.51. The quantitative estimate of drug-likeness (QED) is 0.859. The molecule has 1 saturated heterocycles. The highest BCUT2D eigenvalue weighted by molar-refractivity contribution is 7.91. The van der Waals surface area contributed by atoms with Crippen LogP contribution in [0.2, 0.25) is 0 Å². The fourth-order valence-corrected chi connectivity index (χ4v) is 3.60. The van der Waals surface area contributed by atoms with Crippen LogP contribution >= 0.6 is 0 Å². The Morgan fingerprint density at radius 3 is 2.22 bits per heavy atom. The lowest BCUT2D eigenvalue weighted by Gasteiger charge is -2.34. The third-order valence-electron chi connectivity index (χ3n) is 3.25. The Morgan fingerprint density at radius 2 is 1.72 bits per heavy atom. The van der Waals surface area contributed by atoms with E-state index in [1.165, 1.54) is 0 Å². The van der Waals surface area contributed by atoms with Gasteiger partial charge in [-0.05, 0) is 25.0 Å². The van der Waals surface area contributed by atoms with E-state index in [9.17, 15) is 18.3 Å². The number of carbonyl (C=O) groups is 1. The highest BCUT2D eigenvalue weighted by Gasteiger charge is 2.43. The number of hydrogen-bond acceptors (Lipinski definition) is 4. The summed E-state index contributed by atoms with van der Waals surface area (Å²) in [5, 5.41) is 12.3. The van der Waals surface area contributed by atoms with Crippen molar-refractivity contribution in [2.45, 2.75) is 18.4 Å².